The van der Waals surface area contributed by atoms with Crippen LogP contribution < -0.4 is 4.90 Å². The number of carboxylic acid groups (broad SMARTS) is 1. The summed E-state index contributed by atoms with van der Waals surface area (Å²) in [6, 6.07) is 5.86. The maximum absolute atomic E-state index is 11.5. The van der Waals surface area contributed by atoms with Gasteiger partial charge in [-0.05, 0) is 44.2 Å². The molecule has 1 N–H and O–H groups in total. The normalized spacial score (nSPS) is 15.9. The van der Waals surface area contributed by atoms with E-state index < -0.39 is 5.97 Å². The number of anilines is 1. The molecule has 0 saturated carbocycles. The van der Waals surface area contributed by atoms with Crippen molar-refractivity contribution in [1.29, 1.82) is 0 Å². The molecule has 1 saturated heterocycles. The van der Waals surface area contributed by atoms with E-state index in [0.29, 0.717) is 5.82 Å². The van der Waals surface area contributed by atoms with E-state index in [-0.39, 0.29) is 5.69 Å². The molecule has 3 rings (SSSR count). The average molecular weight is 315 g/mol. The molecule has 0 amide bonds. The summed E-state index contributed by atoms with van der Waals surface area (Å²) in [7, 11) is 2.06. The fourth-order valence-electron chi connectivity index (χ4n) is 2.63. The molecule has 0 atom stereocenters. The van der Waals surface area contributed by atoms with Crippen molar-refractivity contribution in [3.8, 4) is 5.69 Å². The highest BCUT2D eigenvalue weighted by molar-refractivity contribution is 5.91. The summed E-state index contributed by atoms with van der Waals surface area (Å²) in [5.41, 5.74) is 3.08. The van der Waals surface area contributed by atoms with Crippen molar-refractivity contribution in [3.05, 3.63) is 35.0 Å². The maximum Gasteiger partial charge on any atom is 0.360 e. The highest BCUT2D eigenvalue weighted by Crippen LogP contribution is 2.20. The second-order valence-corrected chi connectivity index (χ2v) is 6.03. The maximum atomic E-state index is 11.5. The first-order chi connectivity index (χ1) is 11.0. The van der Waals surface area contributed by atoms with Gasteiger partial charge in [0.1, 0.15) is 0 Å². The van der Waals surface area contributed by atoms with E-state index in [1.807, 2.05) is 36.9 Å². The number of carbonyl (C=O) groups is 1. The van der Waals surface area contributed by atoms with Crippen LogP contribution in [0.15, 0.2) is 18.2 Å². The SMILES string of the molecule is Cc1ccc(-n2nc(C(=O)O)c(N3CCN(C)CC3)n2)cc1C. The van der Waals surface area contributed by atoms with E-state index in [2.05, 4.69) is 22.1 Å². The molecule has 1 aliphatic rings. The van der Waals surface area contributed by atoms with Crippen molar-refractivity contribution in [2.24, 2.45) is 0 Å². The van der Waals surface area contributed by atoms with E-state index in [1.165, 1.54) is 10.4 Å². The lowest BCUT2D eigenvalue weighted by molar-refractivity contribution is 0.0690. The first-order valence-corrected chi connectivity index (χ1v) is 7.67. The Bertz CT molecular complexity index is 732. The Balaban J connectivity index is 1.98. The molecular formula is C16H21N5O2. The second-order valence-electron chi connectivity index (χ2n) is 6.03. The molecule has 7 heteroatoms. The number of likely N-dealkylation sites (N-methyl/N-ethyl adjacent to an activating group) is 1. The number of aromatic nitrogens is 3. The number of aromatic carboxylic acids is 1. The van der Waals surface area contributed by atoms with Crippen LogP contribution in [0, 0.1) is 13.8 Å². The molecule has 1 fully saturated rings. The number of hydrogen-bond acceptors (Lipinski definition) is 5. The minimum Gasteiger partial charge on any atom is -0.476 e. The van der Waals surface area contributed by atoms with Gasteiger partial charge in [-0.15, -0.1) is 15.0 Å². The van der Waals surface area contributed by atoms with Crippen LogP contribution in [0.25, 0.3) is 5.69 Å². The van der Waals surface area contributed by atoms with Crippen molar-refractivity contribution in [2.75, 3.05) is 38.1 Å². The number of nitrogens with zero attached hydrogens (tertiary/aromatic N) is 5. The molecule has 0 radical (unpaired) electrons. The summed E-state index contributed by atoms with van der Waals surface area (Å²) in [4.78, 5) is 17.2. The van der Waals surface area contributed by atoms with Crippen molar-refractivity contribution in [1.82, 2.24) is 19.9 Å². The standard InChI is InChI=1S/C16H21N5O2/c1-11-4-5-13(10-12(11)2)21-17-14(16(22)23)15(18-21)20-8-6-19(3)7-9-20/h4-5,10H,6-9H2,1-3H3,(H,22,23). The third-order valence-electron chi connectivity index (χ3n) is 4.32. The van der Waals surface area contributed by atoms with E-state index in [9.17, 15) is 9.90 Å². The Hall–Kier alpha value is -2.41. The quantitative estimate of drug-likeness (QED) is 0.921. The van der Waals surface area contributed by atoms with Crippen molar-refractivity contribution >= 4 is 11.8 Å². The minimum atomic E-state index is -1.05. The van der Waals surface area contributed by atoms with Gasteiger partial charge >= 0.3 is 5.97 Å². The molecule has 1 aliphatic heterocycles. The van der Waals surface area contributed by atoms with Crippen LogP contribution in [-0.4, -0.2) is 64.2 Å². The topological polar surface area (TPSA) is 74.5 Å². The lowest BCUT2D eigenvalue weighted by Crippen LogP contribution is -2.45. The summed E-state index contributed by atoms with van der Waals surface area (Å²) in [5.74, 6) is -0.599. The predicted molar refractivity (Wildman–Crippen MR) is 87.5 cm³/mol. The molecular weight excluding hydrogens is 294 g/mol. The average Bonchev–Trinajstić information content (AvgIpc) is 2.96. The number of piperazine rings is 1. The Morgan fingerprint density at radius 3 is 2.39 bits per heavy atom. The summed E-state index contributed by atoms with van der Waals surface area (Å²) < 4.78 is 0. The number of benzene rings is 1. The van der Waals surface area contributed by atoms with Crippen LogP contribution in [0.3, 0.4) is 0 Å². The number of carboxylic acids is 1. The van der Waals surface area contributed by atoms with Crippen LogP contribution in [0.2, 0.25) is 0 Å². The Labute approximate surface area is 135 Å². The van der Waals surface area contributed by atoms with Gasteiger partial charge in [0, 0.05) is 26.2 Å². The molecule has 0 spiro atoms. The highest BCUT2D eigenvalue weighted by Gasteiger charge is 2.25. The monoisotopic (exact) mass is 315 g/mol. The smallest absolute Gasteiger partial charge is 0.360 e. The molecule has 1 aromatic heterocycles. The van der Waals surface area contributed by atoms with Gasteiger partial charge in [0.2, 0.25) is 5.69 Å². The molecule has 2 aromatic rings. The van der Waals surface area contributed by atoms with Crippen LogP contribution in [0.5, 0.6) is 0 Å². The first kappa shape index (κ1) is 15.5. The molecule has 7 nitrogen and oxygen atoms in total. The summed E-state index contributed by atoms with van der Waals surface area (Å²) >= 11 is 0. The van der Waals surface area contributed by atoms with Crippen LogP contribution >= 0.6 is 0 Å². The van der Waals surface area contributed by atoms with E-state index in [0.717, 1.165) is 37.4 Å². The van der Waals surface area contributed by atoms with Crippen molar-refractivity contribution in [2.45, 2.75) is 13.8 Å². The Kier molecular flexibility index (Phi) is 4.04. The minimum absolute atomic E-state index is 0.00720. The zero-order valence-electron chi connectivity index (χ0n) is 13.7. The Morgan fingerprint density at radius 1 is 1.09 bits per heavy atom. The number of rotatable bonds is 3. The molecule has 122 valence electrons. The Morgan fingerprint density at radius 2 is 1.78 bits per heavy atom. The molecule has 0 bridgehead atoms. The van der Waals surface area contributed by atoms with Crippen LogP contribution in [0.1, 0.15) is 21.6 Å². The van der Waals surface area contributed by atoms with E-state index >= 15 is 0 Å². The van der Waals surface area contributed by atoms with Crippen molar-refractivity contribution in [3.63, 3.8) is 0 Å². The van der Waals surface area contributed by atoms with Gasteiger partial charge in [-0.25, -0.2) is 4.79 Å². The molecule has 0 aliphatic carbocycles. The molecule has 1 aromatic carbocycles. The van der Waals surface area contributed by atoms with Crippen LogP contribution in [-0.2, 0) is 0 Å². The molecule has 23 heavy (non-hydrogen) atoms. The zero-order valence-corrected chi connectivity index (χ0v) is 13.7. The summed E-state index contributed by atoms with van der Waals surface area (Å²) in [6.07, 6.45) is 0. The molecule has 2 heterocycles. The van der Waals surface area contributed by atoms with Gasteiger partial charge in [0.25, 0.3) is 0 Å². The number of hydrogen-bond donors (Lipinski definition) is 1. The van der Waals surface area contributed by atoms with E-state index in [4.69, 9.17) is 0 Å². The second kappa shape index (κ2) is 6.00. The number of aryl methyl sites for hydroxylation is 2. The summed E-state index contributed by atoms with van der Waals surface area (Å²) in [6.45, 7) is 7.33. The highest BCUT2D eigenvalue weighted by atomic mass is 16.4. The lowest BCUT2D eigenvalue weighted by Gasteiger charge is -2.32. The third kappa shape index (κ3) is 3.05. The van der Waals surface area contributed by atoms with Crippen molar-refractivity contribution < 1.29 is 9.90 Å². The van der Waals surface area contributed by atoms with Crippen LogP contribution in [0.4, 0.5) is 5.82 Å². The van der Waals surface area contributed by atoms with Gasteiger partial charge in [0.15, 0.2) is 5.82 Å². The van der Waals surface area contributed by atoms with E-state index in [1.54, 1.807) is 0 Å². The lowest BCUT2D eigenvalue weighted by atomic mass is 10.1. The first-order valence-electron chi connectivity index (χ1n) is 7.67. The van der Waals surface area contributed by atoms with Gasteiger partial charge in [0.05, 0.1) is 5.69 Å². The fraction of sp³-hybridized carbons (Fsp3) is 0.438. The van der Waals surface area contributed by atoms with Gasteiger partial charge in [-0.2, -0.15) is 0 Å². The van der Waals surface area contributed by atoms with Gasteiger partial charge < -0.3 is 14.9 Å². The zero-order chi connectivity index (χ0) is 16.6. The third-order valence-corrected chi connectivity index (χ3v) is 4.32. The fourth-order valence-corrected chi connectivity index (χ4v) is 2.63. The van der Waals surface area contributed by atoms with Gasteiger partial charge in [-0.1, -0.05) is 6.07 Å². The van der Waals surface area contributed by atoms with Gasteiger partial charge in [-0.3, -0.25) is 0 Å². The largest absolute Gasteiger partial charge is 0.476 e. The summed E-state index contributed by atoms with van der Waals surface area (Å²) in [5, 5.41) is 18.1. The predicted octanol–water partition coefficient (Wildman–Crippen LogP) is 1.33. The molecule has 0 unspecified atom stereocenters.